The van der Waals surface area contributed by atoms with Crippen LogP contribution in [0.15, 0.2) is 24.3 Å². The summed E-state index contributed by atoms with van der Waals surface area (Å²) in [6.07, 6.45) is 1.73. The van der Waals surface area contributed by atoms with Gasteiger partial charge in [-0.2, -0.15) is 0 Å². The van der Waals surface area contributed by atoms with Crippen LogP contribution >= 0.6 is 0 Å². The fourth-order valence-electron chi connectivity index (χ4n) is 1.63. The van der Waals surface area contributed by atoms with Crippen LogP contribution in [0.5, 0.6) is 5.75 Å². The van der Waals surface area contributed by atoms with Crippen LogP contribution in [-0.2, 0) is 9.53 Å². The number of hydrogen-bond donors (Lipinski definition) is 1. The van der Waals surface area contributed by atoms with Gasteiger partial charge in [0, 0.05) is 5.56 Å². The van der Waals surface area contributed by atoms with Crippen LogP contribution in [0, 0.1) is 0 Å². The standard InChI is InChI=1S/C14H19NO4/c1-3-4-8-12(14(17)18-2)19-11-7-5-6-10(9-11)13(15)16/h5-7,9,12H,3-4,8H2,1-2H3,(H2,15,16). The summed E-state index contributed by atoms with van der Waals surface area (Å²) in [5, 5.41) is 0. The zero-order valence-corrected chi connectivity index (χ0v) is 11.2. The number of carbonyl (C=O) groups excluding carboxylic acids is 2. The van der Waals surface area contributed by atoms with Gasteiger partial charge in [0.2, 0.25) is 5.91 Å². The second kappa shape index (κ2) is 7.41. The molecule has 1 rings (SSSR count). The van der Waals surface area contributed by atoms with Gasteiger partial charge in [0.05, 0.1) is 7.11 Å². The molecule has 0 bridgehead atoms. The molecule has 2 N–H and O–H groups in total. The molecule has 0 aromatic heterocycles. The van der Waals surface area contributed by atoms with E-state index in [1.807, 2.05) is 6.92 Å². The van der Waals surface area contributed by atoms with E-state index in [-0.39, 0.29) is 0 Å². The van der Waals surface area contributed by atoms with E-state index in [4.69, 9.17) is 15.2 Å². The minimum absolute atomic E-state index is 0.344. The van der Waals surface area contributed by atoms with Crippen molar-refractivity contribution in [3.05, 3.63) is 29.8 Å². The first kappa shape index (κ1) is 15.0. The summed E-state index contributed by atoms with van der Waals surface area (Å²) in [5.41, 5.74) is 5.54. The van der Waals surface area contributed by atoms with Crippen molar-refractivity contribution in [1.82, 2.24) is 0 Å². The zero-order chi connectivity index (χ0) is 14.3. The van der Waals surface area contributed by atoms with E-state index in [9.17, 15) is 9.59 Å². The maximum absolute atomic E-state index is 11.6. The van der Waals surface area contributed by atoms with Crippen LogP contribution in [-0.4, -0.2) is 25.1 Å². The number of rotatable bonds is 7. The monoisotopic (exact) mass is 265 g/mol. The van der Waals surface area contributed by atoms with Crippen molar-refractivity contribution >= 4 is 11.9 Å². The van der Waals surface area contributed by atoms with E-state index >= 15 is 0 Å². The average molecular weight is 265 g/mol. The summed E-state index contributed by atoms with van der Waals surface area (Å²) in [5.74, 6) is -0.519. The molecule has 0 spiro atoms. The van der Waals surface area contributed by atoms with Crippen LogP contribution in [0.1, 0.15) is 36.5 Å². The van der Waals surface area contributed by atoms with Crippen molar-refractivity contribution in [2.24, 2.45) is 5.73 Å². The van der Waals surface area contributed by atoms with Crippen LogP contribution in [0.4, 0.5) is 0 Å². The highest BCUT2D eigenvalue weighted by atomic mass is 16.6. The normalized spacial score (nSPS) is 11.7. The molecule has 104 valence electrons. The largest absolute Gasteiger partial charge is 0.479 e. The Kier molecular flexibility index (Phi) is 5.85. The molecule has 1 unspecified atom stereocenters. The van der Waals surface area contributed by atoms with Crippen molar-refractivity contribution in [2.45, 2.75) is 32.3 Å². The Bertz CT molecular complexity index is 445. The Morgan fingerprint density at radius 1 is 1.37 bits per heavy atom. The molecule has 0 aliphatic rings. The number of amides is 1. The zero-order valence-electron chi connectivity index (χ0n) is 11.2. The molecule has 0 heterocycles. The van der Waals surface area contributed by atoms with Crippen molar-refractivity contribution in [1.29, 1.82) is 0 Å². The summed E-state index contributed by atoms with van der Waals surface area (Å²) >= 11 is 0. The number of nitrogens with two attached hydrogens (primary N) is 1. The Balaban J connectivity index is 2.80. The summed E-state index contributed by atoms with van der Waals surface area (Å²) in [6.45, 7) is 2.03. The molecule has 5 heteroatoms. The molecule has 0 fully saturated rings. The highest BCUT2D eigenvalue weighted by Gasteiger charge is 2.20. The van der Waals surface area contributed by atoms with Gasteiger partial charge in [0.25, 0.3) is 0 Å². The molecule has 0 aliphatic heterocycles. The van der Waals surface area contributed by atoms with Gasteiger partial charge in [-0.1, -0.05) is 19.4 Å². The van der Waals surface area contributed by atoms with Crippen molar-refractivity contribution < 1.29 is 19.1 Å². The second-order valence-corrected chi connectivity index (χ2v) is 4.16. The maximum Gasteiger partial charge on any atom is 0.347 e. The SMILES string of the molecule is CCCCC(Oc1cccc(C(N)=O)c1)C(=O)OC. The van der Waals surface area contributed by atoms with Crippen LogP contribution in [0.2, 0.25) is 0 Å². The van der Waals surface area contributed by atoms with E-state index in [0.717, 1.165) is 12.8 Å². The van der Waals surface area contributed by atoms with Gasteiger partial charge in [0.15, 0.2) is 6.10 Å². The number of esters is 1. The third-order valence-corrected chi connectivity index (χ3v) is 2.68. The van der Waals surface area contributed by atoms with Crippen LogP contribution in [0.3, 0.4) is 0 Å². The highest BCUT2D eigenvalue weighted by Crippen LogP contribution is 2.17. The van der Waals surface area contributed by atoms with Gasteiger partial charge >= 0.3 is 5.97 Å². The van der Waals surface area contributed by atoms with Crippen LogP contribution < -0.4 is 10.5 Å². The summed E-state index contributed by atoms with van der Waals surface area (Å²) in [7, 11) is 1.32. The Morgan fingerprint density at radius 3 is 2.68 bits per heavy atom. The lowest BCUT2D eigenvalue weighted by Gasteiger charge is -2.16. The molecule has 0 saturated heterocycles. The molecule has 1 aromatic rings. The van der Waals surface area contributed by atoms with E-state index in [2.05, 4.69) is 0 Å². The fraction of sp³-hybridized carbons (Fsp3) is 0.429. The first-order valence-corrected chi connectivity index (χ1v) is 6.22. The van der Waals surface area contributed by atoms with Gasteiger partial charge < -0.3 is 15.2 Å². The van der Waals surface area contributed by atoms with Gasteiger partial charge in [-0.3, -0.25) is 4.79 Å². The number of primary amides is 1. The summed E-state index contributed by atoms with van der Waals surface area (Å²) in [4.78, 5) is 22.7. The number of unbranched alkanes of at least 4 members (excludes halogenated alkanes) is 1. The molecule has 1 aromatic carbocycles. The topological polar surface area (TPSA) is 78.6 Å². The second-order valence-electron chi connectivity index (χ2n) is 4.16. The van der Waals surface area contributed by atoms with E-state index in [1.54, 1.807) is 18.2 Å². The molecular weight excluding hydrogens is 246 g/mol. The minimum Gasteiger partial charge on any atom is -0.479 e. The Morgan fingerprint density at radius 2 is 2.11 bits per heavy atom. The molecule has 19 heavy (non-hydrogen) atoms. The molecule has 1 amide bonds. The molecule has 0 aliphatic carbocycles. The third-order valence-electron chi connectivity index (χ3n) is 2.68. The predicted molar refractivity (Wildman–Crippen MR) is 70.9 cm³/mol. The Hall–Kier alpha value is -2.04. The number of methoxy groups -OCH3 is 1. The minimum atomic E-state index is -0.659. The van der Waals surface area contributed by atoms with Crippen molar-refractivity contribution in [3.8, 4) is 5.75 Å². The molecule has 0 saturated carbocycles. The Labute approximate surface area is 112 Å². The smallest absolute Gasteiger partial charge is 0.347 e. The van der Waals surface area contributed by atoms with Crippen LogP contribution in [0.25, 0.3) is 0 Å². The van der Waals surface area contributed by atoms with Gasteiger partial charge in [0.1, 0.15) is 5.75 Å². The lowest BCUT2D eigenvalue weighted by atomic mass is 10.1. The third kappa shape index (κ3) is 4.62. The molecule has 5 nitrogen and oxygen atoms in total. The first-order chi connectivity index (χ1) is 9.08. The summed E-state index contributed by atoms with van der Waals surface area (Å²) < 4.78 is 10.3. The molecule has 1 atom stereocenters. The number of ether oxygens (including phenoxy) is 2. The van der Waals surface area contributed by atoms with Gasteiger partial charge in [-0.25, -0.2) is 4.79 Å². The van der Waals surface area contributed by atoms with Crippen molar-refractivity contribution in [2.75, 3.05) is 7.11 Å². The van der Waals surface area contributed by atoms with Crippen molar-refractivity contribution in [3.63, 3.8) is 0 Å². The van der Waals surface area contributed by atoms with Gasteiger partial charge in [-0.15, -0.1) is 0 Å². The highest BCUT2D eigenvalue weighted by molar-refractivity contribution is 5.93. The first-order valence-electron chi connectivity index (χ1n) is 6.22. The van der Waals surface area contributed by atoms with E-state index < -0.39 is 18.0 Å². The maximum atomic E-state index is 11.6. The fourth-order valence-corrected chi connectivity index (χ4v) is 1.63. The number of benzene rings is 1. The lowest BCUT2D eigenvalue weighted by Crippen LogP contribution is -2.28. The molecular formula is C14H19NO4. The predicted octanol–water partition coefficient (Wildman–Crippen LogP) is 1.90. The molecule has 0 radical (unpaired) electrons. The number of hydrogen-bond acceptors (Lipinski definition) is 4. The average Bonchev–Trinajstić information content (AvgIpc) is 2.42. The quantitative estimate of drug-likeness (QED) is 0.764. The van der Waals surface area contributed by atoms with E-state index in [1.165, 1.54) is 13.2 Å². The van der Waals surface area contributed by atoms with Gasteiger partial charge in [-0.05, 0) is 31.0 Å². The lowest BCUT2D eigenvalue weighted by molar-refractivity contribution is -0.149. The summed E-state index contributed by atoms with van der Waals surface area (Å²) in [6, 6.07) is 6.44. The van der Waals surface area contributed by atoms with E-state index in [0.29, 0.717) is 17.7 Å². The number of carbonyl (C=O) groups is 2.